The SMILES string of the molecule is CCNC(=NCC(C)(O)c1ccc(C)o1)NCCCc1nc2ccccc2[nH]1.I. The summed E-state index contributed by atoms with van der Waals surface area (Å²) in [6.07, 6.45) is 1.77. The van der Waals surface area contributed by atoms with Gasteiger partial charge < -0.3 is 25.1 Å². The molecule has 1 atom stereocenters. The van der Waals surface area contributed by atoms with Crippen molar-refractivity contribution in [2.45, 2.75) is 39.2 Å². The molecule has 0 aliphatic carbocycles. The van der Waals surface area contributed by atoms with Crippen molar-refractivity contribution in [1.82, 2.24) is 20.6 Å². The fourth-order valence-corrected chi connectivity index (χ4v) is 2.96. The Kier molecular flexibility index (Phi) is 8.51. The molecule has 0 saturated heterocycles. The first-order valence-corrected chi connectivity index (χ1v) is 9.73. The van der Waals surface area contributed by atoms with Crippen LogP contribution in [-0.2, 0) is 12.0 Å². The average Bonchev–Trinajstić information content (AvgIpc) is 3.29. The summed E-state index contributed by atoms with van der Waals surface area (Å²) < 4.78 is 5.54. The summed E-state index contributed by atoms with van der Waals surface area (Å²) in [5.74, 6) is 2.96. The van der Waals surface area contributed by atoms with E-state index in [9.17, 15) is 5.11 Å². The number of guanidine groups is 1. The van der Waals surface area contributed by atoms with Crippen LogP contribution in [0.1, 0.15) is 37.6 Å². The number of hydrogen-bond donors (Lipinski definition) is 4. The standard InChI is InChI=1S/C21H29N5O2.HI/c1-4-22-20(24-14-21(3,27)18-12-11-15(2)28-18)23-13-7-10-19-25-16-8-5-6-9-17(16)26-19;/h5-6,8-9,11-12,27H,4,7,10,13-14H2,1-3H3,(H,25,26)(H2,22,23,24);1H. The number of aliphatic imine (C=N–C) groups is 1. The van der Waals surface area contributed by atoms with E-state index in [2.05, 4.69) is 25.6 Å². The molecule has 0 saturated carbocycles. The number of aromatic nitrogens is 2. The van der Waals surface area contributed by atoms with Gasteiger partial charge in [-0.05, 0) is 51.5 Å². The second kappa shape index (κ2) is 10.6. The second-order valence-corrected chi connectivity index (χ2v) is 7.11. The molecule has 158 valence electrons. The van der Waals surface area contributed by atoms with Crippen LogP contribution in [0.4, 0.5) is 0 Å². The molecule has 0 aliphatic rings. The Morgan fingerprint density at radius 3 is 2.72 bits per heavy atom. The molecular weight excluding hydrogens is 481 g/mol. The van der Waals surface area contributed by atoms with Gasteiger partial charge in [0.25, 0.3) is 0 Å². The number of aromatic amines is 1. The molecule has 2 heterocycles. The first-order chi connectivity index (χ1) is 13.5. The third-order valence-electron chi connectivity index (χ3n) is 4.48. The maximum atomic E-state index is 10.6. The number of furan rings is 1. The fraction of sp³-hybridized carbons (Fsp3) is 0.429. The minimum absolute atomic E-state index is 0. The van der Waals surface area contributed by atoms with Crippen LogP contribution in [0.25, 0.3) is 11.0 Å². The minimum Gasteiger partial charge on any atom is -0.463 e. The number of H-pyrrole nitrogens is 1. The first-order valence-electron chi connectivity index (χ1n) is 9.73. The lowest BCUT2D eigenvalue weighted by Gasteiger charge is -2.19. The van der Waals surface area contributed by atoms with Crippen molar-refractivity contribution in [3.63, 3.8) is 0 Å². The van der Waals surface area contributed by atoms with Gasteiger partial charge in [0.2, 0.25) is 0 Å². The first kappa shape index (κ1) is 23.2. The predicted molar refractivity (Wildman–Crippen MR) is 127 cm³/mol. The lowest BCUT2D eigenvalue weighted by Crippen LogP contribution is -2.39. The molecule has 29 heavy (non-hydrogen) atoms. The summed E-state index contributed by atoms with van der Waals surface area (Å²) in [6, 6.07) is 11.7. The van der Waals surface area contributed by atoms with Gasteiger partial charge in [-0.3, -0.25) is 0 Å². The maximum absolute atomic E-state index is 10.6. The monoisotopic (exact) mass is 511 g/mol. The molecule has 0 amide bonds. The number of aliphatic hydroxyl groups is 1. The summed E-state index contributed by atoms with van der Waals surface area (Å²) in [5.41, 5.74) is 0.914. The largest absolute Gasteiger partial charge is 0.463 e. The topological polar surface area (TPSA) is 98.5 Å². The maximum Gasteiger partial charge on any atom is 0.191 e. The highest BCUT2D eigenvalue weighted by Crippen LogP contribution is 2.23. The lowest BCUT2D eigenvalue weighted by molar-refractivity contribution is 0.0428. The number of hydrogen-bond acceptors (Lipinski definition) is 4. The number of rotatable bonds is 8. The molecule has 8 heteroatoms. The van der Waals surface area contributed by atoms with Gasteiger partial charge in [-0.1, -0.05) is 12.1 Å². The van der Waals surface area contributed by atoms with Crippen molar-refractivity contribution < 1.29 is 9.52 Å². The number of benzene rings is 1. The van der Waals surface area contributed by atoms with Crippen molar-refractivity contribution in [1.29, 1.82) is 0 Å². The van der Waals surface area contributed by atoms with Crippen LogP contribution in [0.15, 0.2) is 45.8 Å². The number of halogens is 1. The Bertz CT molecular complexity index is 899. The molecule has 0 aliphatic heterocycles. The van der Waals surface area contributed by atoms with E-state index in [1.54, 1.807) is 13.0 Å². The van der Waals surface area contributed by atoms with Crippen LogP contribution < -0.4 is 10.6 Å². The molecule has 7 nitrogen and oxygen atoms in total. The Hall–Kier alpha value is -2.07. The van der Waals surface area contributed by atoms with Crippen LogP contribution in [-0.4, -0.2) is 40.7 Å². The third kappa shape index (κ3) is 6.46. The number of imidazole rings is 1. The molecule has 0 fully saturated rings. The molecular formula is C21H30IN5O2. The zero-order valence-corrected chi connectivity index (χ0v) is 19.5. The van der Waals surface area contributed by atoms with E-state index < -0.39 is 5.60 Å². The third-order valence-corrected chi connectivity index (χ3v) is 4.48. The van der Waals surface area contributed by atoms with Gasteiger partial charge in [-0.15, -0.1) is 24.0 Å². The summed E-state index contributed by atoms with van der Waals surface area (Å²) in [4.78, 5) is 12.5. The van der Waals surface area contributed by atoms with E-state index in [1.165, 1.54) is 0 Å². The van der Waals surface area contributed by atoms with Gasteiger partial charge in [0.1, 0.15) is 22.9 Å². The molecule has 1 aromatic carbocycles. The van der Waals surface area contributed by atoms with E-state index in [-0.39, 0.29) is 30.5 Å². The lowest BCUT2D eigenvalue weighted by atomic mass is 10.0. The molecule has 0 bridgehead atoms. The highest BCUT2D eigenvalue weighted by Gasteiger charge is 2.26. The van der Waals surface area contributed by atoms with Gasteiger partial charge in [-0.2, -0.15) is 0 Å². The molecule has 3 rings (SSSR count). The van der Waals surface area contributed by atoms with Gasteiger partial charge >= 0.3 is 0 Å². The van der Waals surface area contributed by atoms with Crippen LogP contribution in [0, 0.1) is 6.92 Å². The zero-order chi connectivity index (χ0) is 20.0. The molecule has 0 radical (unpaired) electrons. The van der Waals surface area contributed by atoms with Crippen molar-refractivity contribution in [2.75, 3.05) is 19.6 Å². The normalized spacial score (nSPS) is 13.7. The molecule has 4 N–H and O–H groups in total. The highest BCUT2D eigenvalue weighted by molar-refractivity contribution is 14.0. The quantitative estimate of drug-likeness (QED) is 0.161. The van der Waals surface area contributed by atoms with Crippen LogP contribution in [0.2, 0.25) is 0 Å². The van der Waals surface area contributed by atoms with E-state index >= 15 is 0 Å². The van der Waals surface area contributed by atoms with Gasteiger partial charge in [-0.25, -0.2) is 9.98 Å². The van der Waals surface area contributed by atoms with E-state index in [1.807, 2.05) is 44.2 Å². The van der Waals surface area contributed by atoms with Crippen molar-refractivity contribution in [3.8, 4) is 0 Å². The Morgan fingerprint density at radius 1 is 1.24 bits per heavy atom. The predicted octanol–water partition coefficient (Wildman–Crippen LogP) is 3.48. The number of fused-ring (bicyclic) bond motifs is 1. The Morgan fingerprint density at radius 2 is 2.03 bits per heavy atom. The van der Waals surface area contributed by atoms with E-state index in [0.29, 0.717) is 11.7 Å². The minimum atomic E-state index is -1.15. The number of nitrogens with zero attached hydrogens (tertiary/aromatic N) is 2. The summed E-state index contributed by atoms with van der Waals surface area (Å²) in [7, 11) is 0. The van der Waals surface area contributed by atoms with Crippen molar-refractivity contribution in [2.24, 2.45) is 4.99 Å². The fourth-order valence-electron chi connectivity index (χ4n) is 2.96. The number of para-hydroxylation sites is 2. The van der Waals surface area contributed by atoms with Gasteiger partial charge in [0.05, 0.1) is 17.6 Å². The summed E-state index contributed by atoms with van der Waals surface area (Å²) in [6.45, 7) is 7.29. The Balaban J connectivity index is 0.00000300. The second-order valence-electron chi connectivity index (χ2n) is 7.11. The molecule has 2 aromatic heterocycles. The number of nitrogens with one attached hydrogen (secondary N) is 3. The average molecular weight is 511 g/mol. The van der Waals surface area contributed by atoms with Crippen molar-refractivity contribution in [3.05, 3.63) is 53.7 Å². The molecule has 3 aromatic rings. The van der Waals surface area contributed by atoms with Crippen molar-refractivity contribution >= 4 is 41.0 Å². The zero-order valence-electron chi connectivity index (χ0n) is 17.2. The van der Waals surface area contributed by atoms with E-state index in [4.69, 9.17) is 4.42 Å². The number of aryl methyl sites for hydroxylation is 2. The van der Waals surface area contributed by atoms with E-state index in [0.717, 1.165) is 48.5 Å². The van der Waals surface area contributed by atoms with Crippen LogP contribution in [0.5, 0.6) is 0 Å². The van der Waals surface area contributed by atoms with Crippen LogP contribution >= 0.6 is 24.0 Å². The van der Waals surface area contributed by atoms with Gasteiger partial charge in [0.15, 0.2) is 5.96 Å². The van der Waals surface area contributed by atoms with Gasteiger partial charge in [0, 0.05) is 19.5 Å². The van der Waals surface area contributed by atoms with Crippen LogP contribution in [0.3, 0.4) is 0 Å². The Labute approximate surface area is 188 Å². The summed E-state index contributed by atoms with van der Waals surface area (Å²) >= 11 is 0. The summed E-state index contributed by atoms with van der Waals surface area (Å²) in [5, 5.41) is 17.2. The molecule has 0 spiro atoms. The highest BCUT2D eigenvalue weighted by atomic mass is 127. The molecule has 1 unspecified atom stereocenters. The smallest absolute Gasteiger partial charge is 0.191 e.